The zero-order valence-corrected chi connectivity index (χ0v) is 14.6. The number of rotatable bonds is 8. The Morgan fingerprint density at radius 3 is 2.42 bits per heavy atom. The summed E-state index contributed by atoms with van der Waals surface area (Å²) in [5, 5.41) is 3.67. The van der Waals surface area contributed by atoms with E-state index < -0.39 is 0 Å². The smallest absolute Gasteiger partial charge is 0.00104 e. The SMILES string of the molecule is CSCCCC1CC(C(C)C)CCC1CNC(C)C. The van der Waals surface area contributed by atoms with E-state index in [0.717, 1.165) is 23.7 Å². The lowest BCUT2D eigenvalue weighted by Gasteiger charge is -2.38. The van der Waals surface area contributed by atoms with Crippen LogP contribution in [-0.2, 0) is 0 Å². The van der Waals surface area contributed by atoms with E-state index in [-0.39, 0.29) is 0 Å². The summed E-state index contributed by atoms with van der Waals surface area (Å²) in [6, 6.07) is 0.634. The van der Waals surface area contributed by atoms with Crippen LogP contribution in [0.1, 0.15) is 59.8 Å². The van der Waals surface area contributed by atoms with Crippen molar-refractivity contribution in [2.45, 2.75) is 65.8 Å². The fourth-order valence-corrected chi connectivity index (χ4v) is 3.92. The molecule has 0 bridgehead atoms. The molecule has 1 saturated carbocycles. The molecule has 0 amide bonds. The van der Waals surface area contributed by atoms with E-state index in [4.69, 9.17) is 0 Å². The molecule has 3 atom stereocenters. The van der Waals surface area contributed by atoms with E-state index in [9.17, 15) is 0 Å². The molecule has 1 rings (SSSR count). The van der Waals surface area contributed by atoms with Crippen molar-refractivity contribution >= 4 is 11.8 Å². The van der Waals surface area contributed by atoms with Crippen LogP contribution in [0.15, 0.2) is 0 Å². The number of hydrogen-bond donors (Lipinski definition) is 1. The van der Waals surface area contributed by atoms with Gasteiger partial charge in [0.25, 0.3) is 0 Å². The highest BCUT2D eigenvalue weighted by atomic mass is 32.2. The normalized spacial score (nSPS) is 28.3. The van der Waals surface area contributed by atoms with Crippen LogP contribution in [0.25, 0.3) is 0 Å². The van der Waals surface area contributed by atoms with Gasteiger partial charge < -0.3 is 5.32 Å². The van der Waals surface area contributed by atoms with Gasteiger partial charge in [0.05, 0.1) is 0 Å². The van der Waals surface area contributed by atoms with Crippen molar-refractivity contribution in [1.29, 1.82) is 0 Å². The minimum atomic E-state index is 0.634. The van der Waals surface area contributed by atoms with Crippen LogP contribution in [0.2, 0.25) is 0 Å². The first-order valence-electron chi connectivity index (χ1n) is 8.26. The third-order valence-electron chi connectivity index (χ3n) is 4.83. The van der Waals surface area contributed by atoms with Crippen LogP contribution in [-0.4, -0.2) is 24.6 Å². The molecule has 0 aliphatic heterocycles. The second-order valence-electron chi connectivity index (χ2n) is 7.04. The minimum absolute atomic E-state index is 0.634. The molecule has 0 aromatic heterocycles. The standard InChI is InChI=1S/C17H35NS/c1-13(2)15-8-9-17(12-18-14(3)4)16(11-15)7-6-10-19-5/h13-18H,6-12H2,1-5H3. The van der Waals surface area contributed by atoms with Gasteiger partial charge in [-0.2, -0.15) is 11.8 Å². The number of nitrogens with one attached hydrogen (secondary N) is 1. The van der Waals surface area contributed by atoms with E-state index in [1.54, 1.807) is 0 Å². The topological polar surface area (TPSA) is 12.0 Å². The van der Waals surface area contributed by atoms with Gasteiger partial charge in [-0.3, -0.25) is 0 Å². The Balaban J connectivity index is 2.46. The summed E-state index contributed by atoms with van der Waals surface area (Å²) < 4.78 is 0. The summed E-state index contributed by atoms with van der Waals surface area (Å²) in [6.07, 6.45) is 9.49. The highest BCUT2D eigenvalue weighted by molar-refractivity contribution is 7.98. The van der Waals surface area contributed by atoms with Gasteiger partial charge in [0, 0.05) is 6.04 Å². The van der Waals surface area contributed by atoms with Gasteiger partial charge >= 0.3 is 0 Å². The Bertz CT molecular complexity index is 227. The summed E-state index contributed by atoms with van der Waals surface area (Å²) in [4.78, 5) is 0. The molecule has 3 unspecified atom stereocenters. The molecule has 1 nitrogen and oxygen atoms in total. The quantitative estimate of drug-likeness (QED) is 0.642. The largest absolute Gasteiger partial charge is 0.314 e. The van der Waals surface area contributed by atoms with Crippen LogP contribution in [0.4, 0.5) is 0 Å². The lowest BCUT2D eigenvalue weighted by atomic mass is 9.69. The number of thioether (sulfide) groups is 1. The molecule has 1 N–H and O–H groups in total. The van der Waals surface area contributed by atoms with E-state index in [2.05, 4.69) is 39.3 Å². The molecule has 0 aromatic carbocycles. The molecule has 0 spiro atoms. The first kappa shape index (κ1) is 17.4. The second-order valence-corrected chi connectivity index (χ2v) is 8.02. The fraction of sp³-hybridized carbons (Fsp3) is 1.00. The lowest BCUT2D eigenvalue weighted by molar-refractivity contribution is 0.136. The first-order valence-corrected chi connectivity index (χ1v) is 9.66. The van der Waals surface area contributed by atoms with E-state index in [0.29, 0.717) is 6.04 Å². The van der Waals surface area contributed by atoms with Gasteiger partial charge in [0.1, 0.15) is 0 Å². The van der Waals surface area contributed by atoms with Crippen LogP contribution in [0.3, 0.4) is 0 Å². The highest BCUT2D eigenvalue weighted by Crippen LogP contribution is 2.39. The Kier molecular flexibility index (Phi) is 8.48. The Morgan fingerprint density at radius 2 is 1.84 bits per heavy atom. The Hall–Kier alpha value is 0.310. The Labute approximate surface area is 125 Å². The maximum Gasteiger partial charge on any atom is 0.00104 e. The molecule has 0 radical (unpaired) electrons. The highest BCUT2D eigenvalue weighted by Gasteiger charge is 2.31. The maximum absolute atomic E-state index is 3.67. The van der Waals surface area contributed by atoms with Gasteiger partial charge in [-0.1, -0.05) is 27.7 Å². The van der Waals surface area contributed by atoms with Crippen molar-refractivity contribution in [1.82, 2.24) is 5.32 Å². The zero-order chi connectivity index (χ0) is 14.3. The minimum Gasteiger partial charge on any atom is -0.314 e. The third kappa shape index (κ3) is 6.53. The summed E-state index contributed by atoms with van der Waals surface area (Å²) in [5.74, 6) is 5.10. The molecule has 0 saturated heterocycles. The summed E-state index contributed by atoms with van der Waals surface area (Å²) in [5.41, 5.74) is 0. The maximum atomic E-state index is 3.67. The van der Waals surface area contributed by atoms with E-state index in [1.807, 2.05) is 11.8 Å². The fourth-order valence-electron chi connectivity index (χ4n) is 3.47. The van der Waals surface area contributed by atoms with E-state index in [1.165, 1.54) is 44.4 Å². The Morgan fingerprint density at radius 1 is 1.11 bits per heavy atom. The third-order valence-corrected chi connectivity index (χ3v) is 5.53. The summed E-state index contributed by atoms with van der Waals surface area (Å²) >= 11 is 2.00. The van der Waals surface area contributed by atoms with Gasteiger partial charge in [-0.25, -0.2) is 0 Å². The molecule has 0 heterocycles. The van der Waals surface area contributed by atoms with E-state index >= 15 is 0 Å². The van der Waals surface area contributed by atoms with Crippen molar-refractivity contribution in [2.75, 3.05) is 18.6 Å². The zero-order valence-electron chi connectivity index (χ0n) is 13.7. The van der Waals surface area contributed by atoms with Crippen molar-refractivity contribution in [2.24, 2.45) is 23.7 Å². The predicted octanol–water partition coefficient (Wildman–Crippen LogP) is 4.82. The van der Waals surface area contributed by atoms with Gasteiger partial charge in [0.15, 0.2) is 0 Å². The van der Waals surface area contributed by atoms with Crippen molar-refractivity contribution < 1.29 is 0 Å². The van der Waals surface area contributed by atoms with Crippen molar-refractivity contribution in [3.63, 3.8) is 0 Å². The second kappa shape index (κ2) is 9.28. The molecular formula is C17H35NS. The average molecular weight is 286 g/mol. The molecule has 1 aliphatic carbocycles. The molecular weight excluding hydrogens is 250 g/mol. The van der Waals surface area contributed by atoms with Crippen LogP contribution < -0.4 is 5.32 Å². The van der Waals surface area contributed by atoms with Crippen LogP contribution in [0.5, 0.6) is 0 Å². The molecule has 1 fully saturated rings. The molecule has 114 valence electrons. The van der Waals surface area contributed by atoms with Crippen molar-refractivity contribution in [3.8, 4) is 0 Å². The molecule has 0 aromatic rings. The van der Waals surface area contributed by atoms with Crippen molar-refractivity contribution in [3.05, 3.63) is 0 Å². The lowest BCUT2D eigenvalue weighted by Crippen LogP contribution is -2.36. The molecule has 19 heavy (non-hydrogen) atoms. The summed E-state index contributed by atoms with van der Waals surface area (Å²) in [6.45, 7) is 10.6. The number of hydrogen-bond acceptors (Lipinski definition) is 2. The van der Waals surface area contributed by atoms with Gasteiger partial charge in [-0.15, -0.1) is 0 Å². The van der Waals surface area contributed by atoms with Gasteiger partial charge in [-0.05, 0) is 74.3 Å². The van der Waals surface area contributed by atoms with Crippen LogP contribution >= 0.6 is 11.8 Å². The summed E-state index contributed by atoms with van der Waals surface area (Å²) in [7, 11) is 0. The van der Waals surface area contributed by atoms with Crippen LogP contribution in [0, 0.1) is 23.7 Å². The predicted molar refractivity (Wildman–Crippen MR) is 89.9 cm³/mol. The molecule has 2 heteroatoms. The first-order chi connectivity index (χ1) is 9.04. The van der Waals surface area contributed by atoms with Gasteiger partial charge in [0.2, 0.25) is 0 Å². The monoisotopic (exact) mass is 285 g/mol. The molecule has 1 aliphatic rings. The average Bonchev–Trinajstić information content (AvgIpc) is 2.37.